The molecule has 0 aromatic carbocycles. The Bertz CT molecular complexity index is 379. The third-order valence-electron chi connectivity index (χ3n) is 1.86. The highest BCUT2D eigenvalue weighted by Crippen LogP contribution is 2.15. The molecule has 2 nitrogen and oxygen atoms in total. The van der Waals surface area contributed by atoms with Crippen molar-refractivity contribution in [3.8, 4) is 11.8 Å². The molecular weight excluding hydrogens is 230 g/mol. The van der Waals surface area contributed by atoms with Crippen molar-refractivity contribution in [1.29, 1.82) is 0 Å². The molecule has 1 aromatic heterocycles. The largest absolute Gasteiger partial charge is 0.320 e. The lowest BCUT2D eigenvalue weighted by Gasteiger charge is -2.14. The average Bonchev–Trinajstić information content (AvgIpc) is 2.61. The van der Waals surface area contributed by atoms with Crippen LogP contribution in [0, 0.1) is 11.8 Å². The standard InChI is InChI=1S/C11H14F2N2S/c1-15(7-11(12)13)6-10-5-9(8-16-10)3-2-4-14/h5,8,11H,4,6-7,14H2,1H3. The van der Waals surface area contributed by atoms with Crippen LogP contribution in [-0.4, -0.2) is 31.5 Å². The number of nitrogens with two attached hydrogens (primary N) is 1. The lowest BCUT2D eigenvalue weighted by Crippen LogP contribution is -2.23. The van der Waals surface area contributed by atoms with Crippen molar-refractivity contribution in [1.82, 2.24) is 4.90 Å². The molecule has 0 saturated heterocycles. The number of alkyl halides is 2. The topological polar surface area (TPSA) is 29.3 Å². The van der Waals surface area contributed by atoms with E-state index in [1.54, 1.807) is 11.9 Å². The molecule has 16 heavy (non-hydrogen) atoms. The number of halogens is 2. The minimum atomic E-state index is -2.29. The number of thiophene rings is 1. The molecule has 0 aliphatic heterocycles. The normalized spacial score (nSPS) is 10.6. The van der Waals surface area contributed by atoms with Crippen LogP contribution in [-0.2, 0) is 6.54 Å². The summed E-state index contributed by atoms with van der Waals surface area (Å²) in [7, 11) is 1.68. The van der Waals surface area contributed by atoms with Crippen molar-refractivity contribution in [3.63, 3.8) is 0 Å². The quantitative estimate of drug-likeness (QED) is 0.818. The number of hydrogen-bond donors (Lipinski definition) is 1. The molecular formula is C11H14F2N2S. The SMILES string of the molecule is CN(Cc1cc(C#CCN)cs1)CC(F)F. The molecule has 0 atom stereocenters. The summed E-state index contributed by atoms with van der Waals surface area (Å²) in [5, 5.41) is 1.91. The second kappa shape index (κ2) is 6.59. The highest BCUT2D eigenvalue weighted by Gasteiger charge is 2.08. The summed E-state index contributed by atoms with van der Waals surface area (Å²) in [4.78, 5) is 2.63. The van der Waals surface area contributed by atoms with Crippen molar-refractivity contribution in [2.75, 3.05) is 20.1 Å². The monoisotopic (exact) mass is 244 g/mol. The van der Waals surface area contributed by atoms with Crippen molar-refractivity contribution in [2.45, 2.75) is 13.0 Å². The predicted molar refractivity (Wildman–Crippen MR) is 62.6 cm³/mol. The molecule has 0 aliphatic carbocycles. The van der Waals surface area contributed by atoms with E-state index in [1.807, 2.05) is 11.4 Å². The first-order valence-electron chi connectivity index (χ1n) is 4.85. The van der Waals surface area contributed by atoms with Gasteiger partial charge in [-0.1, -0.05) is 11.8 Å². The number of nitrogens with zero attached hydrogens (tertiary/aromatic N) is 1. The maximum atomic E-state index is 12.1. The van der Waals surface area contributed by atoms with E-state index < -0.39 is 6.43 Å². The van der Waals surface area contributed by atoms with E-state index in [9.17, 15) is 8.78 Å². The van der Waals surface area contributed by atoms with E-state index in [-0.39, 0.29) is 6.54 Å². The van der Waals surface area contributed by atoms with E-state index in [1.165, 1.54) is 11.3 Å². The Hall–Kier alpha value is -0.960. The predicted octanol–water partition coefficient (Wildman–Crippen LogP) is 1.76. The fourth-order valence-corrected chi connectivity index (χ4v) is 2.14. The van der Waals surface area contributed by atoms with Crippen molar-refractivity contribution >= 4 is 11.3 Å². The minimum Gasteiger partial charge on any atom is -0.320 e. The van der Waals surface area contributed by atoms with Crippen LogP contribution in [0.5, 0.6) is 0 Å². The van der Waals surface area contributed by atoms with Gasteiger partial charge in [0.2, 0.25) is 0 Å². The van der Waals surface area contributed by atoms with Gasteiger partial charge in [-0.2, -0.15) is 0 Å². The molecule has 5 heteroatoms. The Labute approximate surface area is 98.1 Å². The lowest BCUT2D eigenvalue weighted by atomic mass is 10.3. The van der Waals surface area contributed by atoms with Gasteiger partial charge in [0.25, 0.3) is 6.43 Å². The molecule has 1 heterocycles. The summed E-state index contributed by atoms with van der Waals surface area (Å²) >= 11 is 1.53. The van der Waals surface area contributed by atoms with E-state index in [0.717, 1.165) is 10.4 Å². The lowest BCUT2D eigenvalue weighted by molar-refractivity contribution is 0.0979. The fraction of sp³-hybridized carbons (Fsp3) is 0.455. The van der Waals surface area contributed by atoms with Gasteiger partial charge in [-0.3, -0.25) is 4.90 Å². The minimum absolute atomic E-state index is 0.207. The van der Waals surface area contributed by atoms with Crippen LogP contribution in [0.4, 0.5) is 8.78 Å². The maximum Gasteiger partial charge on any atom is 0.251 e. The third kappa shape index (κ3) is 4.71. The Morgan fingerprint density at radius 3 is 2.94 bits per heavy atom. The summed E-state index contributed by atoms with van der Waals surface area (Å²) in [6, 6.07) is 1.91. The van der Waals surface area contributed by atoms with Crippen LogP contribution in [0.3, 0.4) is 0 Å². The van der Waals surface area contributed by atoms with Gasteiger partial charge in [0.05, 0.1) is 13.1 Å². The van der Waals surface area contributed by atoms with E-state index >= 15 is 0 Å². The van der Waals surface area contributed by atoms with Crippen molar-refractivity contribution < 1.29 is 8.78 Å². The molecule has 88 valence electrons. The highest BCUT2D eigenvalue weighted by atomic mass is 32.1. The van der Waals surface area contributed by atoms with Crippen LogP contribution in [0.2, 0.25) is 0 Å². The van der Waals surface area contributed by atoms with Crippen molar-refractivity contribution in [3.05, 3.63) is 21.9 Å². The molecule has 1 aromatic rings. The first-order chi connectivity index (χ1) is 7.61. The average molecular weight is 244 g/mol. The van der Waals surface area contributed by atoms with Gasteiger partial charge in [0.15, 0.2) is 0 Å². The molecule has 0 saturated carbocycles. The van der Waals surface area contributed by atoms with Gasteiger partial charge < -0.3 is 5.73 Å². The smallest absolute Gasteiger partial charge is 0.251 e. The van der Waals surface area contributed by atoms with Gasteiger partial charge in [-0.05, 0) is 13.1 Å². The van der Waals surface area contributed by atoms with Crippen LogP contribution < -0.4 is 5.73 Å². The molecule has 0 radical (unpaired) electrons. The number of hydrogen-bond acceptors (Lipinski definition) is 3. The summed E-state index contributed by atoms with van der Waals surface area (Å²) in [6.07, 6.45) is -2.29. The van der Waals surface area contributed by atoms with E-state index in [2.05, 4.69) is 11.8 Å². The zero-order valence-electron chi connectivity index (χ0n) is 9.04. The van der Waals surface area contributed by atoms with Crippen LogP contribution in [0.1, 0.15) is 10.4 Å². The van der Waals surface area contributed by atoms with Crippen LogP contribution in [0.15, 0.2) is 11.4 Å². The second-order valence-electron chi connectivity index (χ2n) is 3.40. The summed E-state index contributed by atoms with van der Waals surface area (Å²) in [6.45, 7) is 0.650. The fourth-order valence-electron chi connectivity index (χ4n) is 1.25. The van der Waals surface area contributed by atoms with E-state index in [0.29, 0.717) is 13.1 Å². The maximum absolute atomic E-state index is 12.1. The van der Waals surface area contributed by atoms with Crippen LogP contribution in [0.25, 0.3) is 0 Å². The number of rotatable bonds is 4. The van der Waals surface area contributed by atoms with Gasteiger partial charge in [0.1, 0.15) is 0 Å². The van der Waals surface area contributed by atoms with Crippen LogP contribution >= 0.6 is 11.3 Å². The summed E-state index contributed by atoms with van der Waals surface area (Å²) in [5.74, 6) is 5.66. The second-order valence-corrected chi connectivity index (χ2v) is 4.39. The van der Waals surface area contributed by atoms with E-state index in [4.69, 9.17) is 5.73 Å². The molecule has 0 bridgehead atoms. The first-order valence-corrected chi connectivity index (χ1v) is 5.73. The molecule has 0 unspecified atom stereocenters. The Morgan fingerprint density at radius 2 is 2.31 bits per heavy atom. The first kappa shape index (κ1) is 13.1. The van der Waals surface area contributed by atoms with Gasteiger partial charge in [-0.25, -0.2) is 8.78 Å². The Morgan fingerprint density at radius 1 is 1.56 bits per heavy atom. The molecule has 1 rings (SSSR count). The zero-order chi connectivity index (χ0) is 12.0. The summed E-state index contributed by atoms with van der Waals surface area (Å²) < 4.78 is 24.2. The third-order valence-corrected chi connectivity index (χ3v) is 2.79. The Kier molecular flexibility index (Phi) is 5.39. The molecule has 2 N–H and O–H groups in total. The Balaban J connectivity index is 2.51. The van der Waals surface area contributed by atoms with Gasteiger partial charge >= 0.3 is 0 Å². The van der Waals surface area contributed by atoms with Gasteiger partial charge in [-0.15, -0.1) is 11.3 Å². The molecule has 0 spiro atoms. The molecule has 0 fully saturated rings. The molecule has 0 amide bonds. The zero-order valence-corrected chi connectivity index (χ0v) is 9.86. The summed E-state index contributed by atoms with van der Waals surface area (Å²) in [5.41, 5.74) is 6.16. The van der Waals surface area contributed by atoms with Crippen molar-refractivity contribution in [2.24, 2.45) is 5.73 Å². The highest BCUT2D eigenvalue weighted by molar-refractivity contribution is 7.10. The molecule has 0 aliphatic rings. The van der Waals surface area contributed by atoms with Gasteiger partial charge in [0, 0.05) is 22.4 Å².